The molecule has 5 nitrogen and oxygen atoms in total. The summed E-state index contributed by atoms with van der Waals surface area (Å²) in [4.78, 5) is 0. The van der Waals surface area contributed by atoms with Crippen molar-refractivity contribution in [3.8, 4) is 59.5 Å². The van der Waals surface area contributed by atoms with Crippen LogP contribution in [0.4, 0.5) is 0 Å². The number of benzene rings is 4. The molecule has 39 heavy (non-hydrogen) atoms. The van der Waals surface area contributed by atoms with Gasteiger partial charge in [0.1, 0.15) is 11.5 Å². The van der Waals surface area contributed by atoms with Crippen LogP contribution in [0.25, 0.3) is 0 Å². The second-order valence-electron chi connectivity index (χ2n) is 8.31. The van der Waals surface area contributed by atoms with E-state index in [1.807, 2.05) is 24.3 Å². The molecule has 0 saturated heterocycles. The van der Waals surface area contributed by atoms with Gasteiger partial charge in [0.15, 0.2) is 0 Å². The smallest absolute Gasteiger partial charge is 0.143 e. The summed E-state index contributed by atoms with van der Waals surface area (Å²) in [5.41, 5.74) is 5.38. The molecule has 0 atom stereocenters. The average molecular weight is 499 g/mol. The van der Waals surface area contributed by atoms with Gasteiger partial charge in [0, 0.05) is 11.1 Å². The van der Waals surface area contributed by atoms with Crippen molar-refractivity contribution in [2.24, 2.45) is 0 Å². The maximum absolute atomic E-state index is 9.16. The third-order valence-electron chi connectivity index (χ3n) is 5.59. The van der Waals surface area contributed by atoms with E-state index in [4.69, 9.17) is 25.8 Å². The van der Waals surface area contributed by atoms with Crippen LogP contribution in [0, 0.1) is 69.0 Å². The van der Waals surface area contributed by atoms with Gasteiger partial charge in [-0.15, -0.1) is 0 Å². The van der Waals surface area contributed by atoms with Crippen molar-refractivity contribution in [1.82, 2.24) is 0 Å². The van der Waals surface area contributed by atoms with Gasteiger partial charge in [-0.2, -0.15) is 21.0 Å². The lowest BCUT2D eigenvalue weighted by Gasteiger charge is -2.12. The summed E-state index contributed by atoms with van der Waals surface area (Å²) in [6.45, 7) is 0. The van der Waals surface area contributed by atoms with Gasteiger partial charge in [-0.05, 0) is 83.9 Å². The molecule has 0 aliphatic heterocycles. The van der Waals surface area contributed by atoms with Gasteiger partial charge in [0.05, 0.1) is 59.4 Å². The SMILES string of the molecule is N#CCc1ccc(Oc2ccc(CC#N)cc2C#Cc2ccc(C#N)cc2)c(C#Cc2ccc(C#N)cc2)c1. The lowest BCUT2D eigenvalue weighted by molar-refractivity contribution is 0.479. The molecule has 4 aromatic rings. The van der Waals surface area contributed by atoms with Crippen LogP contribution in [0.2, 0.25) is 0 Å². The van der Waals surface area contributed by atoms with Crippen molar-refractivity contribution in [2.75, 3.05) is 0 Å². The van der Waals surface area contributed by atoms with E-state index in [2.05, 4.69) is 48.0 Å². The Morgan fingerprint density at radius 2 is 0.846 bits per heavy atom. The minimum absolute atomic E-state index is 0.232. The van der Waals surface area contributed by atoms with Crippen LogP contribution in [-0.4, -0.2) is 0 Å². The first-order valence-electron chi connectivity index (χ1n) is 11.8. The fourth-order valence-electron chi connectivity index (χ4n) is 3.58. The fraction of sp³-hybridized carbons (Fsp3) is 0.0588. The van der Waals surface area contributed by atoms with E-state index in [1.54, 1.807) is 60.7 Å². The van der Waals surface area contributed by atoms with Gasteiger partial charge in [-0.1, -0.05) is 35.8 Å². The average Bonchev–Trinajstić information content (AvgIpc) is 2.98. The highest BCUT2D eigenvalue weighted by atomic mass is 16.5. The standard InChI is InChI=1S/C34H18N4O/c35-19-17-27-11-15-33(31(21-27)13-9-25-1-5-29(23-37)6-2-25)39-34-16-12-28(18-20-36)22-32(34)14-10-26-3-7-30(24-38)8-4-26/h1-8,11-12,15-16,21-22H,17-18H2. The lowest BCUT2D eigenvalue weighted by Crippen LogP contribution is -1.95. The summed E-state index contributed by atoms with van der Waals surface area (Å²) in [5, 5.41) is 36.4. The van der Waals surface area contributed by atoms with Crippen molar-refractivity contribution in [1.29, 1.82) is 21.0 Å². The van der Waals surface area contributed by atoms with Crippen molar-refractivity contribution in [3.63, 3.8) is 0 Å². The summed E-state index contributed by atoms with van der Waals surface area (Å²) in [6.07, 6.45) is 0.464. The molecule has 0 amide bonds. The molecule has 0 spiro atoms. The molecule has 4 aromatic carbocycles. The molecule has 0 aliphatic carbocycles. The molecule has 0 aliphatic rings. The quantitative estimate of drug-likeness (QED) is 0.314. The first kappa shape index (κ1) is 25.8. The third kappa shape index (κ3) is 6.92. The van der Waals surface area contributed by atoms with Crippen LogP contribution in [0.1, 0.15) is 44.5 Å². The Morgan fingerprint density at radius 3 is 1.21 bits per heavy atom. The van der Waals surface area contributed by atoms with Gasteiger partial charge in [-0.3, -0.25) is 0 Å². The number of rotatable bonds is 4. The summed E-state index contributed by atoms with van der Waals surface area (Å²) in [6, 6.07) is 33.2. The summed E-state index contributed by atoms with van der Waals surface area (Å²) in [7, 11) is 0. The minimum Gasteiger partial charge on any atom is -0.455 e. The molecule has 0 bridgehead atoms. The Morgan fingerprint density at radius 1 is 0.462 bits per heavy atom. The summed E-state index contributed by atoms with van der Waals surface area (Å²) in [5.74, 6) is 13.4. The highest BCUT2D eigenvalue weighted by molar-refractivity contribution is 5.57. The van der Waals surface area contributed by atoms with Crippen LogP contribution >= 0.6 is 0 Å². The van der Waals surface area contributed by atoms with E-state index < -0.39 is 0 Å². The zero-order valence-electron chi connectivity index (χ0n) is 20.7. The predicted octanol–water partition coefficient (Wildman–Crippen LogP) is 6.15. The summed E-state index contributed by atoms with van der Waals surface area (Å²) < 4.78 is 6.30. The fourth-order valence-corrected chi connectivity index (χ4v) is 3.58. The second-order valence-corrected chi connectivity index (χ2v) is 8.31. The zero-order valence-corrected chi connectivity index (χ0v) is 20.7. The van der Waals surface area contributed by atoms with Crippen LogP contribution in [-0.2, 0) is 12.8 Å². The topological polar surface area (TPSA) is 104 Å². The van der Waals surface area contributed by atoms with Crippen molar-refractivity contribution in [3.05, 3.63) is 129 Å². The molecular formula is C34H18N4O. The van der Waals surface area contributed by atoms with Gasteiger partial charge in [0.2, 0.25) is 0 Å². The van der Waals surface area contributed by atoms with E-state index in [1.165, 1.54) is 0 Å². The van der Waals surface area contributed by atoms with Gasteiger partial charge < -0.3 is 4.74 Å². The van der Waals surface area contributed by atoms with E-state index in [9.17, 15) is 0 Å². The molecule has 0 N–H and O–H groups in total. The largest absolute Gasteiger partial charge is 0.455 e. The maximum atomic E-state index is 9.16. The second kappa shape index (κ2) is 12.6. The van der Waals surface area contributed by atoms with Gasteiger partial charge in [-0.25, -0.2) is 0 Å². The molecule has 180 valence electrons. The number of ether oxygens (including phenoxy) is 1. The summed E-state index contributed by atoms with van der Waals surface area (Å²) >= 11 is 0. The Balaban J connectivity index is 1.73. The minimum atomic E-state index is 0.232. The maximum Gasteiger partial charge on any atom is 0.143 e. The van der Waals surface area contributed by atoms with Crippen LogP contribution in [0.15, 0.2) is 84.9 Å². The van der Waals surface area contributed by atoms with E-state index >= 15 is 0 Å². The molecule has 4 rings (SSSR count). The highest BCUT2D eigenvalue weighted by Gasteiger charge is 2.10. The van der Waals surface area contributed by atoms with Crippen molar-refractivity contribution >= 4 is 0 Å². The van der Waals surface area contributed by atoms with E-state index in [0.717, 1.165) is 22.3 Å². The van der Waals surface area contributed by atoms with Crippen LogP contribution in [0.3, 0.4) is 0 Å². The molecular weight excluding hydrogens is 480 g/mol. The zero-order chi connectivity index (χ0) is 27.5. The van der Waals surface area contributed by atoms with E-state index in [-0.39, 0.29) is 12.8 Å². The molecule has 0 radical (unpaired) electrons. The lowest BCUT2D eigenvalue weighted by atomic mass is 10.1. The van der Waals surface area contributed by atoms with Crippen molar-refractivity contribution in [2.45, 2.75) is 12.8 Å². The number of hydrogen-bond donors (Lipinski definition) is 0. The third-order valence-corrected chi connectivity index (χ3v) is 5.59. The Kier molecular flexibility index (Phi) is 8.37. The normalized spacial score (nSPS) is 9.23. The molecule has 5 heteroatoms. The van der Waals surface area contributed by atoms with E-state index in [0.29, 0.717) is 33.8 Å². The monoisotopic (exact) mass is 498 g/mol. The number of nitrogens with zero attached hydrogens (tertiary/aromatic N) is 4. The molecule has 0 aromatic heterocycles. The molecule has 0 unspecified atom stereocenters. The highest BCUT2D eigenvalue weighted by Crippen LogP contribution is 2.29. The number of hydrogen-bond acceptors (Lipinski definition) is 5. The molecule has 0 saturated carbocycles. The Labute approximate surface area is 227 Å². The van der Waals surface area contributed by atoms with Crippen LogP contribution < -0.4 is 4.74 Å². The molecule has 0 fully saturated rings. The Hall–Kier alpha value is -6.24. The van der Waals surface area contributed by atoms with Gasteiger partial charge >= 0.3 is 0 Å². The van der Waals surface area contributed by atoms with Crippen molar-refractivity contribution < 1.29 is 4.74 Å². The predicted molar refractivity (Wildman–Crippen MR) is 146 cm³/mol. The molecule has 0 heterocycles. The number of nitriles is 4. The van der Waals surface area contributed by atoms with Gasteiger partial charge in [0.25, 0.3) is 0 Å². The Bertz CT molecular complexity index is 1680. The first-order chi connectivity index (χ1) is 19.1. The first-order valence-corrected chi connectivity index (χ1v) is 11.8. The van der Waals surface area contributed by atoms with Crippen LogP contribution in [0.5, 0.6) is 11.5 Å².